The molecule has 1 aromatic carbocycles. The monoisotopic (exact) mass is 261 g/mol. The molecule has 0 saturated carbocycles. The van der Waals surface area contributed by atoms with Crippen LogP contribution in [0.2, 0.25) is 0 Å². The summed E-state index contributed by atoms with van der Waals surface area (Å²) in [5.74, 6) is -0.738. The second-order valence-electron chi connectivity index (χ2n) is 5.47. The van der Waals surface area contributed by atoms with Gasteiger partial charge in [-0.25, -0.2) is 0 Å². The number of carbonyl (C=O) groups excluding carboxylic acids is 2. The van der Waals surface area contributed by atoms with Gasteiger partial charge >= 0.3 is 0 Å². The minimum atomic E-state index is -0.472. The van der Waals surface area contributed by atoms with Gasteiger partial charge in [0.05, 0.1) is 5.92 Å². The molecule has 5 heteroatoms. The molecule has 0 radical (unpaired) electrons. The molecule has 2 rings (SSSR count). The number of anilines is 1. The fraction of sp³-hybridized carbons (Fsp3) is 0.429. The number of para-hydroxylation sites is 1. The Balaban J connectivity index is 2.25. The highest BCUT2D eigenvalue weighted by Crippen LogP contribution is 2.32. The van der Waals surface area contributed by atoms with E-state index in [9.17, 15) is 9.59 Å². The van der Waals surface area contributed by atoms with E-state index in [1.807, 2.05) is 32.0 Å². The van der Waals surface area contributed by atoms with E-state index in [1.165, 1.54) is 0 Å². The number of fused-ring (bicyclic) bond motifs is 1. The van der Waals surface area contributed by atoms with Crippen LogP contribution in [0.1, 0.15) is 31.7 Å². The minimum absolute atomic E-state index is 0.135. The maximum atomic E-state index is 12.3. The van der Waals surface area contributed by atoms with E-state index in [0.717, 1.165) is 5.56 Å². The SMILES string of the molecule is CC(C)(CN)NC(=O)C1CC(=O)Nc2ccccc21. The first-order valence-electron chi connectivity index (χ1n) is 6.34. The van der Waals surface area contributed by atoms with Crippen molar-refractivity contribution in [3.05, 3.63) is 29.8 Å². The van der Waals surface area contributed by atoms with E-state index in [-0.39, 0.29) is 18.2 Å². The fourth-order valence-electron chi connectivity index (χ4n) is 2.12. The molecule has 0 fully saturated rings. The number of benzene rings is 1. The zero-order valence-electron chi connectivity index (χ0n) is 11.2. The maximum absolute atomic E-state index is 12.3. The summed E-state index contributed by atoms with van der Waals surface area (Å²) in [5, 5.41) is 5.67. The Morgan fingerprint density at radius 2 is 2.16 bits per heavy atom. The van der Waals surface area contributed by atoms with Crippen molar-refractivity contribution in [2.24, 2.45) is 5.73 Å². The smallest absolute Gasteiger partial charge is 0.228 e. The molecule has 0 spiro atoms. The second kappa shape index (κ2) is 5.01. The van der Waals surface area contributed by atoms with Gasteiger partial charge in [0.15, 0.2) is 0 Å². The lowest BCUT2D eigenvalue weighted by molar-refractivity contribution is -0.127. The van der Waals surface area contributed by atoms with E-state index < -0.39 is 11.5 Å². The second-order valence-corrected chi connectivity index (χ2v) is 5.47. The lowest BCUT2D eigenvalue weighted by atomic mass is 9.89. The molecule has 1 aromatic rings. The van der Waals surface area contributed by atoms with Crippen LogP contribution in [0.4, 0.5) is 5.69 Å². The lowest BCUT2D eigenvalue weighted by Crippen LogP contribution is -2.51. The number of nitrogens with one attached hydrogen (secondary N) is 2. The summed E-state index contributed by atoms with van der Waals surface area (Å²) in [7, 11) is 0. The number of carbonyl (C=O) groups is 2. The molecule has 19 heavy (non-hydrogen) atoms. The van der Waals surface area contributed by atoms with E-state index in [4.69, 9.17) is 5.73 Å². The first kappa shape index (κ1) is 13.5. The van der Waals surface area contributed by atoms with E-state index in [2.05, 4.69) is 10.6 Å². The Morgan fingerprint density at radius 3 is 2.84 bits per heavy atom. The lowest BCUT2D eigenvalue weighted by Gasteiger charge is -2.30. The van der Waals surface area contributed by atoms with Gasteiger partial charge in [-0.1, -0.05) is 18.2 Å². The Bertz CT molecular complexity index is 511. The van der Waals surface area contributed by atoms with Crippen LogP contribution in [-0.4, -0.2) is 23.9 Å². The summed E-state index contributed by atoms with van der Waals surface area (Å²) in [4.78, 5) is 24.0. The molecule has 1 atom stereocenters. The molecule has 0 aromatic heterocycles. The third-order valence-corrected chi connectivity index (χ3v) is 3.29. The molecule has 4 N–H and O–H groups in total. The predicted molar refractivity (Wildman–Crippen MR) is 73.7 cm³/mol. The molecule has 1 aliphatic rings. The summed E-state index contributed by atoms with van der Waals surface area (Å²) in [6.45, 7) is 4.07. The van der Waals surface area contributed by atoms with Crippen LogP contribution in [0, 0.1) is 0 Å². The highest BCUT2D eigenvalue weighted by Gasteiger charge is 2.32. The van der Waals surface area contributed by atoms with Gasteiger partial charge in [-0.15, -0.1) is 0 Å². The number of hydrogen-bond acceptors (Lipinski definition) is 3. The summed E-state index contributed by atoms with van der Waals surface area (Å²) in [6, 6.07) is 7.38. The molecule has 1 unspecified atom stereocenters. The summed E-state index contributed by atoms with van der Waals surface area (Å²) in [5.41, 5.74) is 6.71. The molecular formula is C14H19N3O2. The highest BCUT2D eigenvalue weighted by atomic mass is 16.2. The average Bonchev–Trinajstić information content (AvgIpc) is 2.37. The van der Waals surface area contributed by atoms with Crippen molar-refractivity contribution in [3.8, 4) is 0 Å². The molecule has 0 bridgehead atoms. The van der Waals surface area contributed by atoms with Gasteiger partial charge in [-0.05, 0) is 25.5 Å². The van der Waals surface area contributed by atoms with Crippen molar-refractivity contribution in [3.63, 3.8) is 0 Å². The largest absolute Gasteiger partial charge is 0.349 e. The van der Waals surface area contributed by atoms with Crippen LogP contribution < -0.4 is 16.4 Å². The first-order chi connectivity index (χ1) is 8.93. The number of rotatable bonds is 3. The quantitative estimate of drug-likeness (QED) is 0.758. The van der Waals surface area contributed by atoms with Gasteiger partial charge < -0.3 is 16.4 Å². The van der Waals surface area contributed by atoms with Crippen molar-refractivity contribution >= 4 is 17.5 Å². The zero-order chi connectivity index (χ0) is 14.0. The van der Waals surface area contributed by atoms with Gasteiger partial charge in [0.25, 0.3) is 0 Å². The van der Waals surface area contributed by atoms with Gasteiger partial charge in [0.1, 0.15) is 0 Å². The number of hydrogen-bond donors (Lipinski definition) is 3. The predicted octanol–water partition coefficient (Wildman–Crippen LogP) is 0.966. The van der Waals surface area contributed by atoms with Crippen molar-refractivity contribution in [1.29, 1.82) is 0 Å². The number of amides is 2. The zero-order valence-corrected chi connectivity index (χ0v) is 11.2. The van der Waals surface area contributed by atoms with Gasteiger partial charge in [-0.2, -0.15) is 0 Å². The van der Waals surface area contributed by atoms with Gasteiger partial charge in [0.2, 0.25) is 11.8 Å². The van der Waals surface area contributed by atoms with Crippen LogP contribution in [0.3, 0.4) is 0 Å². The van der Waals surface area contributed by atoms with E-state index in [0.29, 0.717) is 12.2 Å². The molecular weight excluding hydrogens is 242 g/mol. The van der Waals surface area contributed by atoms with Crippen molar-refractivity contribution in [2.75, 3.05) is 11.9 Å². The topological polar surface area (TPSA) is 84.2 Å². The van der Waals surface area contributed by atoms with Gasteiger partial charge in [-0.3, -0.25) is 9.59 Å². The van der Waals surface area contributed by atoms with Crippen LogP contribution in [0.15, 0.2) is 24.3 Å². The Labute approximate surface area is 112 Å². The Morgan fingerprint density at radius 1 is 1.47 bits per heavy atom. The molecule has 0 aliphatic carbocycles. The summed E-state index contributed by atoms with van der Waals surface area (Å²) >= 11 is 0. The third-order valence-electron chi connectivity index (χ3n) is 3.29. The normalized spacial score (nSPS) is 18.5. The van der Waals surface area contributed by atoms with E-state index in [1.54, 1.807) is 6.07 Å². The minimum Gasteiger partial charge on any atom is -0.349 e. The average molecular weight is 261 g/mol. The Hall–Kier alpha value is -1.88. The van der Waals surface area contributed by atoms with Crippen LogP contribution >= 0.6 is 0 Å². The first-order valence-corrected chi connectivity index (χ1v) is 6.34. The van der Waals surface area contributed by atoms with Crippen molar-refractivity contribution in [1.82, 2.24) is 5.32 Å². The van der Waals surface area contributed by atoms with Crippen LogP contribution in [0.5, 0.6) is 0 Å². The molecule has 2 amide bonds. The molecule has 5 nitrogen and oxygen atoms in total. The van der Waals surface area contributed by atoms with Crippen LogP contribution in [0.25, 0.3) is 0 Å². The standard InChI is InChI=1S/C14H19N3O2/c1-14(2,8-15)17-13(19)10-7-12(18)16-11-6-4-3-5-9(10)11/h3-6,10H,7-8,15H2,1-2H3,(H,16,18)(H,17,19). The van der Waals surface area contributed by atoms with Crippen LogP contribution in [-0.2, 0) is 9.59 Å². The maximum Gasteiger partial charge on any atom is 0.228 e. The molecule has 0 saturated heterocycles. The summed E-state index contributed by atoms with van der Waals surface area (Å²) < 4.78 is 0. The van der Waals surface area contributed by atoms with Crippen molar-refractivity contribution in [2.45, 2.75) is 31.7 Å². The molecule has 102 valence electrons. The van der Waals surface area contributed by atoms with E-state index >= 15 is 0 Å². The number of nitrogens with two attached hydrogens (primary N) is 1. The third kappa shape index (κ3) is 2.93. The Kier molecular flexibility index (Phi) is 3.57. The highest BCUT2D eigenvalue weighted by molar-refractivity contribution is 6.01. The summed E-state index contributed by atoms with van der Waals surface area (Å²) in [6.07, 6.45) is 0.170. The van der Waals surface area contributed by atoms with Crippen molar-refractivity contribution < 1.29 is 9.59 Å². The van der Waals surface area contributed by atoms with Gasteiger partial charge in [0, 0.05) is 24.2 Å². The molecule has 1 heterocycles. The fourth-order valence-corrected chi connectivity index (χ4v) is 2.12. The molecule has 1 aliphatic heterocycles.